The van der Waals surface area contributed by atoms with Crippen molar-refractivity contribution >= 4 is 23.8 Å². The van der Waals surface area contributed by atoms with Crippen LogP contribution in [0.25, 0.3) is 0 Å². The van der Waals surface area contributed by atoms with Gasteiger partial charge in [-0.2, -0.15) is 0 Å². The van der Waals surface area contributed by atoms with Gasteiger partial charge in [-0.1, -0.05) is 0 Å². The molecule has 1 rings (SSSR count). The number of rotatable bonds is 6. The second-order valence-electron chi connectivity index (χ2n) is 3.84. The maximum absolute atomic E-state index is 11.7. The zero-order valence-electron chi connectivity index (χ0n) is 10.1. The van der Waals surface area contributed by atoms with E-state index in [9.17, 15) is 19.2 Å². The first-order chi connectivity index (χ1) is 9.31. The van der Waals surface area contributed by atoms with Crippen LogP contribution in [0.1, 0.15) is 27.1 Å². The second kappa shape index (κ2) is 6.32. The van der Waals surface area contributed by atoms with Crippen molar-refractivity contribution in [3.8, 4) is 0 Å². The number of hydrogen-bond acceptors (Lipinski definition) is 4. The van der Waals surface area contributed by atoms with E-state index in [4.69, 9.17) is 15.3 Å². The molecule has 20 heavy (non-hydrogen) atoms. The van der Waals surface area contributed by atoms with E-state index in [0.29, 0.717) is 0 Å². The lowest BCUT2D eigenvalue weighted by atomic mass is 10.1. The van der Waals surface area contributed by atoms with E-state index in [1.165, 1.54) is 24.3 Å². The third kappa shape index (κ3) is 4.09. The maximum Gasteiger partial charge on any atom is 0.335 e. The van der Waals surface area contributed by atoms with Gasteiger partial charge in [-0.15, -0.1) is 0 Å². The first-order valence-corrected chi connectivity index (χ1v) is 5.40. The molecule has 1 aromatic carbocycles. The minimum Gasteiger partial charge on any atom is -0.481 e. The van der Waals surface area contributed by atoms with E-state index < -0.39 is 36.3 Å². The Kier molecular flexibility index (Phi) is 4.79. The second-order valence-corrected chi connectivity index (χ2v) is 3.84. The van der Waals surface area contributed by atoms with Gasteiger partial charge in [0.05, 0.1) is 12.0 Å². The van der Waals surface area contributed by atoms with E-state index in [2.05, 4.69) is 0 Å². The Morgan fingerprint density at radius 3 is 1.85 bits per heavy atom. The minimum atomic E-state index is -1.56. The standard InChI is InChI=1S/C12H11NO7/c14-9(15)5-8(12(19)20)13-10(16)6-1-3-7(4-2-6)11(17)18/h1-4,8H,5H2,(H,13,16)(H,14,15)(H,17,18)(H,19,20). The van der Waals surface area contributed by atoms with Crippen molar-refractivity contribution < 1.29 is 34.5 Å². The van der Waals surface area contributed by atoms with Crippen LogP contribution in [0.3, 0.4) is 0 Å². The Hall–Kier alpha value is -2.90. The molecule has 1 amide bonds. The normalized spacial score (nSPS) is 11.4. The number of carboxylic acid groups (broad SMARTS) is 3. The smallest absolute Gasteiger partial charge is 0.335 e. The largest absolute Gasteiger partial charge is 0.481 e. The molecule has 0 saturated carbocycles. The number of hydrogen-bond donors (Lipinski definition) is 4. The average molecular weight is 281 g/mol. The predicted octanol–water partition coefficient (Wildman–Crippen LogP) is 0.0425. The molecule has 1 unspecified atom stereocenters. The Bertz CT molecular complexity index is 549. The molecule has 0 spiro atoms. The summed E-state index contributed by atoms with van der Waals surface area (Å²) in [7, 11) is 0. The molecule has 0 aromatic heterocycles. The molecule has 0 aliphatic rings. The van der Waals surface area contributed by atoms with Gasteiger partial charge in [-0.3, -0.25) is 9.59 Å². The van der Waals surface area contributed by atoms with Crippen molar-refractivity contribution in [2.45, 2.75) is 12.5 Å². The van der Waals surface area contributed by atoms with Gasteiger partial charge in [0.2, 0.25) is 0 Å². The summed E-state index contributed by atoms with van der Waals surface area (Å²) in [6, 6.07) is 3.23. The molecule has 1 atom stereocenters. The number of carbonyl (C=O) groups excluding carboxylic acids is 1. The van der Waals surface area contributed by atoms with Gasteiger partial charge < -0.3 is 20.6 Å². The van der Waals surface area contributed by atoms with Gasteiger partial charge in [0, 0.05) is 5.56 Å². The lowest BCUT2D eigenvalue weighted by Gasteiger charge is -2.12. The molecule has 0 aliphatic heterocycles. The molecule has 0 fully saturated rings. The summed E-state index contributed by atoms with van der Waals surface area (Å²) in [6.07, 6.45) is -0.756. The first kappa shape index (κ1) is 15.2. The van der Waals surface area contributed by atoms with E-state index >= 15 is 0 Å². The number of aliphatic carboxylic acids is 2. The van der Waals surface area contributed by atoms with E-state index in [-0.39, 0.29) is 11.1 Å². The molecular weight excluding hydrogens is 270 g/mol. The maximum atomic E-state index is 11.7. The highest BCUT2D eigenvalue weighted by molar-refractivity contribution is 5.98. The Morgan fingerprint density at radius 1 is 0.950 bits per heavy atom. The van der Waals surface area contributed by atoms with Crippen LogP contribution >= 0.6 is 0 Å². The van der Waals surface area contributed by atoms with E-state index in [0.717, 1.165) is 0 Å². The minimum absolute atomic E-state index is 0.0260. The van der Waals surface area contributed by atoms with Crippen LogP contribution in [-0.4, -0.2) is 45.2 Å². The predicted molar refractivity (Wildman–Crippen MR) is 64.5 cm³/mol. The van der Waals surface area contributed by atoms with Crippen molar-refractivity contribution in [3.63, 3.8) is 0 Å². The van der Waals surface area contributed by atoms with Crippen LogP contribution in [-0.2, 0) is 9.59 Å². The Morgan fingerprint density at radius 2 is 1.45 bits per heavy atom. The van der Waals surface area contributed by atoms with Crippen LogP contribution < -0.4 is 5.32 Å². The van der Waals surface area contributed by atoms with Crippen molar-refractivity contribution in [2.75, 3.05) is 0 Å². The van der Waals surface area contributed by atoms with Crippen LogP contribution in [0, 0.1) is 0 Å². The van der Waals surface area contributed by atoms with Crippen molar-refractivity contribution in [1.82, 2.24) is 5.32 Å². The number of amides is 1. The number of benzene rings is 1. The van der Waals surface area contributed by atoms with E-state index in [1.807, 2.05) is 5.32 Å². The fraction of sp³-hybridized carbons (Fsp3) is 0.167. The molecule has 106 valence electrons. The fourth-order valence-electron chi connectivity index (χ4n) is 1.38. The highest BCUT2D eigenvalue weighted by Crippen LogP contribution is 2.05. The summed E-state index contributed by atoms with van der Waals surface area (Å²) >= 11 is 0. The number of carboxylic acids is 3. The fourth-order valence-corrected chi connectivity index (χ4v) is 1.38. The molecule has 0 heterocycles. The molecule has 0 radical (unpaired) electrons. The van der Waals surface area contributed by atoms with Gasteiger partial charge in [-0.05, 0) is 24.3 Å². The molecule has 4 N–H and O–H groups in total. The molecule has 8 heteroatoms. The molecule has 8 nitrogen and oxygen atoms in total. The van der Waals surface area contributed by atoms with Crippen LogP contribution in [0.15, 0.2) is 24.3 Å². The summed E-state index contributed by atoms with van der Waals surface area (Å²) in [5.74, 6) is -4.79. The average Bonchev–Trinajstić information content (AvgIpc) is 2.37. The van der Waals surface area contributed by atoms with Crippen LogP contribution in [0.4, 0.5) is 0 Å². The summed E-state index contributed by atoms with van der Waals surface area (Å²) in [5.41, 5.74) is 0.00788. The van der Waals surface area contributed by atoms with Gasteiger partial charge in [0.25, 0.3) is 5.91 Å². The Balaban J connectivity index is 2.80. The lowest BCUT2D eigenvalue weighted by Crippen LogP contribution is -2.42. The number of nitrogens with one attached hydrogen (secondary N) is 1. The van der Waals surface area contributed by atoms with Gasteiger partial charge in [-0.25, -0.2) is 9.59 Å². The SMILES string of the molecule is O=C(O)CC(NC(=O)c1ccc(C(=O)O)cc1)C(=O)O. The van der Waals surface area contributed by atoms with Crippen molar-refractivity contribution in [3.05, 3.63) is 35.4 Å². The molecule has 0 saturated heterocycles. The zero-order chi connectivity index (χ0) is 15.3. The summed E-state index contributed by atoms with van der Waals surface area (Å²) in [6.45, 7) is 0. The number of aromatic carboxylic acids is 1. The number of carbonyl (C=O) groups is 4. The topological polar surface area (TPSA) is 141 Å². The molecular formula is C12H11NO7. The Labute approximate surface area is 112 Å². The monoisotopic (exact) mass is 281 g/mol. The highest BCUT2D eigenvalue weighted by atomic mass is 16.4. The third-order valence-corrected chi connectivity index (χ3v) is 2.38. The quantitative estimate of drug-likeness (QED) is 0.576. The van der Waals surface area contributed by atoms with E-state index in [1.54, 1.807) is 0 Å². The van der Waals surface area contributed by atoms with Crippen molar-refractivity contribution in [2.24, 2.45) is 0 Å². The van der Waals surface area contributed by atoms with Crippen molar-refractivity contribution in [1.29, 1.82) is 0 Å². The van der Waals surface area contributed by atoms with Gasteiger partial charge in [0.1, 0.15) is 6.04 Å². The highest BCUT2D eigenvalue weighted by Gasteiger charge is 2.23. The molecule has 1 aromatic rings. The van der Waals surface area contributed by atoms with Crippen LogP contribution in [0.5, 0.6) is 0 Å². The summed E-state index contributed by atoms with van der Waals surface area (Å²) < 4.78 is 0. The summed E-state index contributed by atoms with van der Waals surface area (Å²) in [5, 5.41) is 28.0. The summed E-state index contributed by atoms with van der Waals surface area (Å²) in [4.78, 5) is 43.6. The zero-order valence-corrected chi connectivity index (χ0v) is 10.1. The lowest BCUT2D eigenvalue weighted by molar-refractivity contribution is -0.145. The molecule has 0 aliphatic carbocycles. The third-order valence-electron chi connectivity index (χ3n) is 2.38. The van der Waals surface area contributed by atoms with Gasteiger partial charge in [0.15, 0.2) is 0 Å². The van der Waals surface area contributed by atoms with Crippen LogP contribution in [0.2, 0.25) is 0 Å². The first-order valence-electron chi connectivity index (χ1n) is 5.40. The van der Waals surface area contributed by atoms with Gasteiger partial charge >= 0.3 is 17.9 Å². The molecule has 0 bridgehead atoms.